The van der Waals surface area contributed by atoms with E-state index in [0.717, 1.165) is 5.57 Å². The van der Waals surface area contributed by atoms with Gasteiger partial charge in [0, 0.05) is 5.92 Å². The second-order valence-electron chi connectivity index (χ2n) is 4.27. The zero-order valence-corrected chi connectivity index (χ0v) is 10.7. The highest BCUT2D eigenvalue weighted by Crippen LogP contribution is 2.09. The van der Waals surface area contributed by atoms with Gasteiger partial charge in [0.15, 0.2) is 0 Å². The fourth-order valence-corrected chi connectivity index (χ4v) is 1.42. The number of carboxylic acids is 1. The quantitative estimate of drug-likeness (QED) is 0.669. The number of rotatable bonds is 7. The third-order valence-corrected chi connectivity index (χ3v) is 2.32. The topological polar surface area (TPSA) is 66.4 Å². The molecule has 0 saturated carbocycles. The van der Waals surface area contributed by atoms with E-state index in [9.17, 15) is 9.59 Å². The first-order valence-corrected chi connectivity index (χ1v) is 5.67. The molecule has 2 atom stereocenters. The van der Waals surface area contributed by atoms with Gasteiger partial charge in [0.05, 0.1) is 0 Å². The Balaban J connectivity index is 4.39. The Morgan fingerprint density at radius 1 is 1.47 bits per heavy atom. The van der Waals surface area contributed by atoms with Gasteiger partial charge in [0.1, 0.15) is 6.04 Å². The van der Waals surface area contributed by atoms with Gasteiger partial charge in [-0.25, -0.2) is 4.79 Å². The van der Waals surface area contributed by atoms with E-state index in [1.807, 2.05) is 13.8 Å². The van der Waals surface area contributed by atoms with Crippen molar-refractivity contribution in [3.05, 3.63) is 24.3 Å². The minimum Gasteiger partial charge on any atom is -0.480 e. The molecule has 2 N–H and O–H groups in total. The van der Waals surface area contributed by atoms with Crippen molar-refractivity contribution in [3.8, 4) is 0 Å². The van der Waals surface area contributed by atoms with Crippen LogP contribution in [-0.4, -0.2) is 23.0 Å². The monoisotopic (exact) mass is 239 g/mol. The maximum Gasteiger partial charge on any atom is 0.326 e. The summed E-state index contributed by atoms with van der Waals surface area (Å²) in [4.78, 5) is 22.6. The van der Waals surface area contributed by atoms with E-state index in [4.69, 9.17) is 5.11 Å². The molecule has 0 aromatic heterocycles. The molecule has 0 heterocycles. The molecule has 96 valence electrons. The zero-order valence-electron chi connectivity index (χ0n) is 10.7. The molecule has 1 amide bonds. The highest BCUT2D eigenvalue weighted by Gasteiger charge is 2.21. The predicted octanol–water partition coefficient (Wildman–Crippen LogP) is 2.12. The largest absolute Gasteiger partial charge is 0.480 e. The van der Waals surface area contributed by atoms with Crippen LogP contribution in [0.15, 0.2) is 24.3 Å². The van der Waals surface area contributed by atoms with Crippen molar-refractivity contribution in [2.75, 3.05) is 0 Å². The van der Waals surface area contributed by atoms with Crippen LogP contribution in [0.25, 0.3) is 0 Å². The van der Waals surface area contributed by atoms with E-state index in [2.05, 4.69) is 11.9 Å². The molecule has 0 spiro atoms. The molecule has 0 aliphatic carbocycles. The SMILES string of the molecule is C=C(C)CC(C)C(=O)NC(C/C=C/C)C(=O)O. The number of hydrogen-bond donors (Lipinski definition) is 2. The first-order chi connectivity index (χ1) is 7.88. The average Bonchev–Trinajstić information content (AvgIpc) is 2.22. The third-order valence-electron chi connectivity index (χ3n) is 2.32. The number of aliphatic carboxylic acids is 1. The second-order valence-corrected chi connectivity index (χ2v) is 4.27. The molecule has 17 heavy (non-hydrogen) atoms. The van der Waals surface area contributed by atoms with Crippen LogP contribution >= 0.6 is 0 Å². The van der Waals surface area contributed by atoms with Crippen LogP contribution in [0.5, 0.6) is 0 Å². The summed E-state index contributed by atoms with van der Waals surface area (Å²) in [5.41, 5.74) is 0.910. The first-order valence-electron chi connectivity index (χ1n) is 5.67. The Hall–Kier alpha value is -1.58. The van der Waals surface area contributed by atoms with E-state index in [-0.39, 0.29) is 11.8 Å². The molecule has 0 aliphatic rings. The van der Waals surface area contributed by atoms with E-state index < -0.39 is 12.0 Å². The summed E-state index contributed by atoms with van der Waals surface area (Å²) in [5, 5.41) is 11.5. The summed E-state index contributed by atoms with van der Waals surface area (Å²) in [5.74, 6) is -1.51. The van der Waals surface area contributed by atoms with Crippen LogP contribution in [0.2, 0.25) is 0 Å². The summed E-state index contributed by atoms with van der Waals surface area (Å²) < 4.78 is 0. The Kier molecular flexibility index (Phi) is 6.94. The van der Waals surface area contributed by atoms with Crippen LogP contribution in [0.4, 0.5) is 0 Å². The van der Waals surface area contributed by atoms with E-state index in [1.165, 1.54) is 0 Å². The Bertz CT molecular complexity index is 321. The van der Waals surface area contributed by atoms with Gasteiger partial charge in [0.2, 0.25) is 5.91 Å². The van der Waals surface area contributed by atoms with E-state index in [1.54, 1.807) is 19.1 Å². The van der Waals surface area contributed by atoms with Crippen molar-refractivity contribution in [2.24, 2.45) is 5.92 Å². The van der Waals surface area contributed by atoms with Crippen molar-refractivity contribution in [1.29, 1.82) is 0 Å². The van der Waals surface area contributed by atoms with Gasteiger partial charge in [0.25, 0.3) is 0 Å². The molecule has 0 radical (unpaired) electrons. The zero-order chi connectivity index (χ0) is 13.4. The van der Waals surface area contributed by atoms with Gasteiger partial charge in [-0.2, -0.15) is 0 Å². The molecule has 0 aromatic rings. The normalized spacial score (nSPS) is 14.3. The van der Waals surface area contributed by atoms with Crippen LogP contribution in [0.3, 0.4) is 0 Å². The molecule has 2 unspecified atom stereocenters. The minimum atomic E-state index is -1.01. The van der Waals surface area contributed by atoms with Crippen molar-refractivity contribution in [1.82, 2.24) is 5.32 Å². The number of amides is 1. The van der Waals surface area contributed by atoms with Crippen LogP contribution in [-0.2, 0) is 9.59 Å². The second kappa shape index (κ2) is 7.65. The fraction of sp³-hybridized carbons (Fsp3) is 0.538. The first kappa shape index (κ1) is 15.4. The Morgan fingerprint density at radius 3 is 2.47 bits per heavy atom. The smallest absolute Gasteiger partial charge is 0.326 e. The van der Waals surface area contributed by atoms with Gasteiger partial charge in [-0.1, -0.05) is 24.6 Å². The standard InChI is InChI=1S/C13H21NO3/c1-5-6-7-11(13(16)17)14-12(15)10(4)8-9(2)3/h5-6,10-11H,2,7-8H2,1,3-4H3,(H,14,15)(H,16,17)/b6-5+. The highest BCUT2D eigenvalue weighted by atomic mass is 16.4. The Labute approximate surface area is 102 Å². The summed E-state index contributed by atoms with van der Waals surface area (Å²) in [6, 6.07) is -0.855. The van der Waals surface area contributed by atoms with Gasteiger partial charge < -0.3 is 10.4 Å². The van der Waals surface area contributed by atoms with Crippen molar-refractivity contribution in [3.63, 3.8) is 0 Å². The maximum absolute atomic E-state index is 11.7. The van der Waals surface area contributed by atoms with Crippen LogP contribution in [0, 0.1) is 5.92 Å². The molecule has 0 aliphatic heterocycles. The Morgan fingerprint density at radius 2 is 2.06 bits per heavy atom. The number of carbonyl (C=O) groups excluding carboxylic acids is 1. The summed E-state index contributed by atoms with van der Waals surface area (Å²) in [6.45, 7) is 9.15. The number of allylic oxidation sites excluding steroid dienone is 2. The number of hydrogen-bond acceptors (Lipinski definition) is 2. The lowest BCUT2D eigenvalue weighted by Crippen LogP contribution is -2.42. The van der Waals surface area contributed by atoms with Gasteiger partial charge in [-0.05, 0) is 26.7 Å². The molecule has 0 rings (SSSR count). The lowest BCUT2D eigenvalue weighted by molar-refractivity contribution is -0.142. The van der Waals surface area contributed by atoms with Gasteiger partial charge >= 0.3 is 5.97 Å². The molecular formula is C13H21NO3. The number of carbonyl (C=O) groups is 2. The summed E-state index contributed by atoms with van der Waals surface area (Å²) in [7, 11) is 0. The predicted molar refractivity (Wildman–Crippen MR) is 67.6 cm³/mol. The molecule has 4 heteroatoms. The summed E-state index contributed by atoms with van der Waals surface area (Å²) >= 11 is 0. The number of nitrogens with one attached hydrogen (secondary N) is 1. The van der Waals surface area contributed by atoms with Crippen LogP contribution in [0.1, 0.15) is 33.6 Å². The molecule has 0 bridgehead atoms. The van der Waals surface area contributed by atoms with Crippen LogP contribution < -0.4 is 5.32 Å². The van der Waals surface area contributed by atoms with Gasteiger partial charge in [-0.15, -0.1) is 6.58 Å². The van der Waals surface area contributed by atoms with E-state index >= 15 is 0 Å². The minimum absolute atomic E-state index is 0.245. The highest BCUT2D eigenvalue weighted by molar-refractivity contribution is 5.85. The van der Waals surface area contributed by atoms with Crippen molar-refractivity contribution < 1.29 is 14.7 Å². The van der Waals surface area contributed by atoms with Crippen molar-refractivity contribution in [2.45, 2.75) is 39.7 Å². The average molecular weight is 239 g/mol. The molecular weight excluding hydrogens is 218 g/mol. The molecule has 0 fully saturated rings. The fourth-order valence-electron chi connectivity index (χ4n) is 1.42. The molecule has 0 saturated heterocycles. The third kappa shape index (κ3) is 6.56. The maximum atomic E-state index is 11.7. The molecule has 0 aromatic carbocycles. The number of carboxylic acid groups (broad SMARTS) is 1. The van der Waals surface area contributed by atoms with Crippen molar-refractivity contribution >= 4 is 11.9 Å². The lowest BCUT2D eigenvalue weighted by Gasteiger charge is -2.16. The summed E-state index contributed by atoms with van der Waals surface area (Å²) in [6.07, 6.45) is 4.36. The lowest BCUT2D eigenvalue weighted by atomic mass is 10.0. The van der Waals surface area contributed by atoms with Gasteiger partial charge in [-0.3, -0.25) is 4.79 Å². The van der Waals surface area contributed by atoms with E-state index in [0.29, 0.717) is 12.8 Å². The molecule has 4 nitrogen and oxygen atoms in total.